The highest BCUT2D eigenvalue weighted by molar-refractivity contribution is 6.23. The SMILES string of the molecule is [C-]#[N+]c1ccc2ncnc(NC3CCC(N4CCN(CCOCCOCCOc5ccc6c(c5)C(=O)N(C5CCC(=O)NC5=O)C6=O)CC4)CC3)c2c1. The first kappa shape index (κ1) is 36.4. The largest absolute Gasteiger partial charge is 0.491 e. The van der Waals surface area contributed by atoms with Crippen LogP contribution in [0.1, 0.15) is 59.2 Å². The Hall–Kier alpha value is -5.01. The Kier molecular flexibility index (Phi) is 11.5. The first-order chi connectivity index (χ1) is 25.9. The van der Waals surface area contributed by atoms with E-state index in [1.807, 2.05) is 12.1 Å². The Morgan fingerprint density at radius 1 is 0.830 bits per heavy atom. The van der Waals surface area contributed by atoms with Crippen LogP contribution >= 0.6 is 0 Å². The molecule has 0 spiro atoms. The molecule has 2 N–H and O–H groups in total. The van der Waals surface area contributed by atoms with Crippen molar-refractivity contribution in [2.24, 2.45) is 0 Å². The molecule has 1 unspecified atom stereocenters. The van der Waals surface area contributed by atoms with Crippen molar-refractivity contribution < 1.29 is 33.4 Å². The van der Waals surface area contributed by atoms with Gasteiger partial charge in [-0.2, -0.15) is 0 Å². The summed E-state index contributed by atoms with van der Waals surface area (Å²) < 4.78 is 17.2. The van der Waals surface area contributed by atoms with E-state index in [1.165, 1.54) is 12.1 Å². The molecule has 3 fully saturated rings. The van der Waals surface area contributed by atoms with E-state index in [9.17, 15) is 19.2 Å². The lowest BCUT2D eigenvalue weighted by atomic mass is 9.89. The van der Waals surface area contributed by atoms with Gasteiger partial charge in [0, 0.05) is 56.6 Å². The zero-order valence-electron chi connectivity index (χ0n) is 29.6. The average molecular weight is 725 g/mol. The fourth-order valence-corrected chi connectivity index (χ4v) is 7.63. The Balaban J connectivity index is 0.732. The van der Waals surface area contributed by atoms with Crippen molar-refractivity contribution in [1.29, 1.82) is 0 Å². The number of piperidine rings is 1. The predicted molar refractivity (Wildman–Crippen MR) is 194 cm³/mol. The number of aromatic nitrogens is 2. The molecule has 3 aromatic rings. The minimum atomic E-state index is -1.00. The number of nitrogens with zero attached hydrogens (tertiary/aromatic N) is 6. The van der Waals surface area contributed by atoms with Crippen molar-refractivity contribution >= 4 is 46.0 Å². The van der Waals surface area contributed by atoms with Crippen LogP contribution < -0.4 is 15.4 Å². The summed E-state index contributed by atoms with van der Waals surface area (Å²) in [7, 11) is 0. The van der Waals surface area contributed by atoms with Gasteiger partial charge in [0.15, 0.2) is 5.69 Å². The van der Waals surface area contributed by atoms with E-state index >= 15 is 0 Å². The summed E-state index contributed by atoms with van der Waals surface area (Å²) in [6.07, 6.45) is 6.25. The zero-order valence-corrected chi connectivity index (χ0v) is 29.6. The number of benzene rings is 2. The van der Waals surface area contributed by atoms with Gasteiger partial charge in [0.05, 0.1) is 49.6 Å². The van der Waals surface area contributed by atoms with Crippen LogP contribution in [0.25, 0.3) is 15.7 Å². The van der Waals surface area contributed by atoms with Gasteiger partial charge in [0.2, 0.25) is 11.8 Å². The second-order valence-electron chi connectivity index (χ2n) is 13.8. The lowest BCUT2D eigenvalue weighted by molar-refractivity contribution is -0.136. The van der Waals surface area contributed by atoms with Crippen molar-refractivity contribution in [2.45, 2.75) is 56.7 Å². The molecule has 4 amide bonds. The molecule has 0 radical (unpaired) electrons. The zero-order chi connectivity index (χ0) is 36.7. The molecule has 1 aromatic heterocycles. The van der Waals surface area contributed by atoms with Gasteiger partial charge in [0.25, 0.3) is 11.8 Å². The molecule has 2 saturated heterocycles. The van der Waals surface area contributed by atoms with E-state index in [1.54, 1.807) is 18.5 Å². The van der Waals surface area contributed by atoms with Gasteiger partial charge in [-0.25, -0.2) is 14.8 Å². The first-order valence-electron chi connectivity index (χ1n) is 18.4. The quantitative estimate of drug-likeness (QED) is 0.142. The number of rotatable bonds is 14. The third-order valence-electron chi connectivity index (χ3n) is 10.5. The Morgan fingerprint density at radius 2 is 1.58 bits per heavy atom. The van der Waals surface area contributed by atoms with Crippen LogP contribution in [0.4, 0.5) is 11.5 Å². The fraction of sp³-hybridized carbons (Fsp3) is 0.500. The van der Waals surface area contributed by atoms with E-state index in [0.29, 0.717) is 49.9 Å². The molecule has 53 heavy (non-hydrogen) atoms. The maximum Gasteiger partial charge on any atom is 0.262 e. The van der Waals surface area contributed by atoms with Crippen LogP contribution in [-0.2, 0) is 19.1 Å². The molecule has 7 rings (SSSR count). The van der Waals surface area contributed by atoms with Gasteiger partial charge in [-0.15, -0.1) is 0 Å². The van der Waals surface area contributed by atoms with Crippen LogP contribution in [0.15, 0.2) is 42.7 Å². The highest BCUT2D eigenvalue weighted by atomic mass is 16.5. The second-order valence-corrected chi connectivity index (χ2v) is 13.8. The van der Waals surface area contributed by atoms with Gasteiger partial charge < -0.3 is 19.5 Å². The molecule has 1 saturated carbocycles. The number of anilines is 1. The second kappa shape index (κ2) is 16.8. The number of imide groups is 2. The lowest BCUT2D eigenvalue weighted by Crippen LogP contribution is -2.54. The van der Waals surface area contributed by atoms with E-state index < -0.39 is 29.7 Å². The summed E-state index contributed by atoms with van der Waals surface area (Å²) in [6, 6.07) is 10.1. The number of hydrogen-bond donors (Lipinski definition) is 2. The van der Waals surface area contributed by atoms with Crippen molar-refractivity contribution in [1.82, 2.24) is 30.0 Å². The van der Waals surface area contributed by atoms with Crippen LogP contribution in [0.5, 0.6) is 5.75 Å². The predicted octanol–water partition coefficient (Wildman–Crippen LogP) is 3.03. The topological polar surface area (TPSA) is 160 Å². The molecule has 15 nitrogen and oxygen atoms in total. The Labute approximate surface area is 307 Å². The van der Waals surface area contributed by atoms with Gasteiger partial charge in [0.1, 0.15) is 30.5 Å². The number of ether oxygens (including phenoxy) is 3. The monoisotopic (exact) mass is 724 g/mol. The Morgan fingerprint density at radius 3 is 2.36 bits per heavy atom. The molecule has 4 aliphatic rings. The third-order valence-corrected chi connectivity index (χ3v) is 10.5. The van der Waals surface area contributed by atoms with Crippen molar-refractivity contribution in [3.63, 3.8) is 0 Å². The minimum absolute atomic E-state index is 0.0713. The molecular formula is C38H44N8O7. The van der Waals surface area contributed by atoms with Gasteiger partial charge in [-0.1, -0.05) is 6.07 Å². The lowest BCUT2D eigenvalue weighted by Gasteiger charge is -2.42. The van der Waals surface area contributed by atoms with Crippen LogP contribution in [-0.4, -0.2) is 132 Å². The number of fused-ring (bicyclic) bond motifs is 2. The van der Waals surface area contributed by atoms with Crippen molar-refractivity contribution in [2.75, 3.05) is 71.1 Å². The highest BCUT2D eigenvalue weighted by Gasteiger charge is 2.44. The highest BCUT2D eigenvalue weighted by Crippen LogP contribution is 2.31. The molecular weight excluding hydrogens is 680 g/mol. The van der Waals surface area contributed by atoms with Crippen LogP contribution in [0.3, 0.4) is 0 Å². The standard InChI is InChI=1S/C38H44N8O7/c1-39-26-4-9-32-31(22-26)35(41-24-40-32)42-25-2-5-27(6-3-25)45-14-12-44(13-15-45)16-17-51-18-19-52-20-21-53-28-7-8-29-30(23-28)38(50)46(37(29)49)33-10-11-34(47)43-36(33)48/h4,7-9,22-25,27,33H,2-3,5-6,10-21H2,(H,40,41,42)(H,43,47,48). The summed E-state index contributed by atoms with van der Waals surface area (Å²) >= 11 is 0. The molecule has 1 aliphatic carbocycles. The van der Waals surface area contributed by atoms with E-state index in [-0.39, 0.29) is 30.6 Å². The molecule has 1 atom stereocenters. The summed E-state index contributed by atoms with van der Waals surface area (Å²) in [5.41, 5.74) is 1.83. The maximum absolute atomic E-state index is 13.0. The van der Waals surface area contributed by atoms with E-state index in [2.05, 4.69) is 35.2 Å². The molecule has 4 heterocycles. The number of amides is 4. The van der Waals surface area contributed by atoms with E-state index in [4.69, 9.17) is 20.8 Å². The number of hydrogen-bond acceptors (Lipinski definition) is 12. The number of nitrogens with one attached hydrogen (secondary N) is 2. The fourth-order valence-electron chi connectivity index (χ4n) is 7.63. The summed E-state index contributed by atoms with van der Waals surface area (Å²) in [5.74, 6) is -0.934. The summed E-state index contributed by atoms with van der Waals surface area (Å²) in [5, 5.41) is 6.73. The normalized spacial score (nSPS) is 22.5. The van der Waals surface area contributed by atoms with Crippen LogP contribution in [0, 0.1) is 6.57 Å². The maximum atomic E-state index is 13.0. The average Bonchev–Trinajstić information content (AvgIpc) is 3.42. The first-order valence-corrected chi connectivity index (χ1v) is 18.4. The van der Waals surface area contributed by atoms with Gasteiger partial charge in [-0.3, -0.25) is 39.2 Å². The molecule has 2 aromatic carbocycles. The summed E-state index contributed by atoms with van der Waals surface area (Å²) in [6.45, 7) is 14.6. The number of carbonyl (C=O) groups is 4. The van der Waals surface area contributed by atoms with Gasteiger partial charge in [-0.05, 0) is 62.4 Å². The molecule has 15 heteroatoms. The molecule has 278 valence electrons. The minimum Gasteiger partial charge on any atom is -0.491 e. The third kappa shape index (κ3) is 8.47. The van der Waals surface area contributed by atoms with Gasteiger partial charge >= 0.3 is 0 Å². The smallest absolute Gasteiger partial charge is 0.262 e. The molecule has 3 aliphatic heterocycles. The van der Waals surface area contributed by atoms with Crippen molar-refractivity contribution in [3.8, 4) is 5.75 Å². The summed E-state index contributed by atoms with van der Waals surface area (Å²) in [4.78, 5) is 68.0. The number of carbonyl (C=O) groups excluding carboxylic acids is 4. The van der Waals surface area contributed by atoms with E-state index in [0.717, 1.165) is 80.0 Å². The van der Waals surface area contributed by atoms with Crippen molar-refractivity contribution in [3.05, 3.63) is 65.3 Å². The van der Waals surface area contributed by atoms with Crippen LogP contribution in [0.2, 0.25) is 0 Å². The number of piperazine rings is 1. The Bertz CT molecular complexity index is 1880. The molecule has 0 bridgehead atoms.